The van der Waals surface area contributed by atoms with Crippen LogP contribution in [0.1, 0.15) is 18.5 Å². The first-order chi connectivity index (χ1) is 5.63. The van der Waals surface area contributed by atoms with Crippen molar-refractivity contribution in [3.8, 4) is 0 Å². The molecule has 12 heavy (non-hydrogen) atoms. The topological polar surface area (TPSA) is 43.1 Å². The van der Waals surface area contributed by atoms with Gasteiger partial charge in [-0.05, 0) is 6.07 Å². The maximum atomic E-state index is 10.4. The van der Waals surface area contributed by atoms with Gasteiger partial charge in [-0.25, -0.2) is 0 Å². The van der Waals surface area contributed by atoms with E-state index in [1.807, 2.05) is 6.07 Å². The average molecular weight is 230 g/mol. The van der Waals surface area contributed by atoms with Crippen LogP contribution in [0.25, 0.3) is 0 Å². The summed E-state index contributed by atoms with van der Waals surface area (Å²) in [5.41, 5.74) is 0.711. The van der Waals surface area contributed by atoms with E-state index in [0.717, 1.165) is 4.47 Å². The number of rotatable bonds is 2. The van der Waals surface area contributed by atoms with Crippen molar-refractivity contribution < 1.29 is 4.92 Å². The highest BCUT2D eigenvalue weighted by Gasteiger charge is 2.17. The second kappa shape index (κ2) is 3.67. The van der Waals surface area contributed by atoms with Crippen LogP contribution in [0.2, 0.25) is 0 Å². The minimum Gasteiger partial charge on any atom is -0.264 e. The molecule has 0 aromatic heterocycles. The van der Waals surface area contributed by atoms with E-state index in [2.05, 4.69) is 15.9 Å². The van der Waals surface area contributed by atoms with Gasteiger partial charge in [0.15, 0.2) is 0 Å². The molecule has 0 aliphatic heterocycles. The lowest BCUT2D eigenvalue weighted by Gasteiger charge is -2.04. The van der Waals surface area contributed by atoms with Crippen molar-refractivity contribution in [2.45, 2.75) is 13.0 Å². The minimum atomic E-state index is -0.652. The van der Waals surface area contributed by atoms with Crippen molar-refractivity contribution in [1.82, 2.24) is 0 Å². The summed E-state index contributed by atoms with van der Waals surface area (Å²) >= 11 is 3.26. The molecule has 1 unspecified atom stereocenters. The normalized spacial score (nSPS) is 12.5. The lowest BCUT2D eigenvalue weighted by molar-refractivity contribution is -0.524. The van der Waals surface area contributed by atoms with E-state index in [9.17, 15) is 10.1 Å². The highest BCUT2D eigenvalue weighted by molar-refractivity contribution is 9.10. The second-order valence-electron chi connectivity index (χ2n) is 2.48. The van der Waals surface area contributed by atoms with Crippen LogP contribution < -0.4 is 0 Å². The Bertz CT molecular complexity index is 301. The summed E-state index contributed by atoms with van der Waals surface area (Å²) in [5, 5.41) is 10.4. The molecular weight excluding hydrogens is 222 g/mol. The van der Waals surface area contributed by atoms with Gasteiger partial charge in [-0.1, -0.05) is 34.1 Å². The van der Waals surface area contributed by atoms with Gasteiger partial charge in [0.2, 0.25) is 6.04 Å². The Hall–Kier alpha value is -0.900. The summed E-state index contributed by atoms with van der Waals surface area (Å²) in [6.45, 7) is 1.57. The molecule has 0 bridgehead atoms. The highest BCUT2D eigenvalue weighted by Crippen LogP contribution is 2.24. The Morgan fingerprint density at radius 2 is 2.08 bits per heavy atom. The molecule has 4 heteroatoms. The van der Waals surface area contributed by atoms with E-state index < -0.39 is 6.04 Å². The summed E-state index contributed by atoms with van der Waals surface area (Å²) in [5.74, 6) is 0. The largest absolute Gasteiger partial charge is 0.264 e. The number of hydrogen-bond acceptors (Lipinski definition) is 2. The van der Waals surface area contributed by atoms with Crippen molar-refractivity contribution >= 4 is 15.9 Å². The van der Waals surface area contributed by atoms with Gasteiger partial charge >= 0.3 is 0 Å². The Kier molecular flexibility index (Phi) is 2.81. The zero-order valence-corrected chi connectivity index (χ0v) is 8.11. The molecule has 1 aromatic rings. The number of halogens is 1. The van der Waals surface area contributed by atoms with Crippen molar-refractivity contribution in [2.75, 3.05) is 0 Å². The van der Waals surface area contributed by atoms with Gasteiger partial charge in [-0.15, -0.1) is 0 Å². The second-order valence-corrected chi connectivity index (χ2v) is 3.34. The van der Waals surface area contributed by atoms with Crippen LogP contribution in [-0.4, -0.2) is 4.92 Å². The van der Waals surface area contributed by atoms with Crippen LogP contribution in [0.15, 0.2) is 28.7 Å². The maximum absolute atomic E-state index is 10.4. The molecule has 0 fully saturated rings. The van der Waals surface area contributed by atoms with Crippen LogP contribution in [0.3, 0.4) is 0 Å². The SMILES string of the molecule is CC(c1ccccc1Br)[N+](=O)[O-]. The molecule has 1 aromatic carbocycles. The summed E-state index contributed by atoms with van der Waals surface area (Å²) in [6, 6.07) is 6.52. The van der Waals surface area contributed by atoms with Gasteiger partial charge in [0, 0.05) is 21.9 Å². The van der Waals surface area contributed by atoms with E-state index >= 15 is 0 Å². The van der Waals surface area contributed by atoms with Gasteiger partial charge in [-0.2, -0.15) is 0 Å². The molecule has 0 saturated carbocycles. The smallest absolute Gasteiger partial charge is 0.236 e. The molecule has 0 radical (unpaired) electrons. The summed E-state index contributed by atoms with van der Waals surface area (Å²) in [7, 11) is 0. The van der Waals surface area contributed by atoms with Gasteiger partial charge in [0.05, 0.1) is 0 Å². The number of nitrogens with zero attached hydrogens (tertiary/aromatic N) is 1. The molecule has 0 amide bonds. The van der Waals surface area contributed by atoms with Gasteiger partial charge in [0.25, 0.3) is 0 Å². The first-order valence-corrected chi connectivity index (χ1v) is 4.30. The molecule has 0 aliphatic carbocycles. The Labute approximate surface area is 78.7 Å². The lowest BCUT2D eigenvalue weighted by Crippen LogP contribution is -2.06. The molecule has 1 rings (SSSR count). The fourth-order valence-corrected chi connectivity index (χ4v) is 1.54. The van der Waals surface area contributed by atoms with Crippen molar-refractivity contribution in [2.24, 2.45) is 0 Å². The van der Waals surface area contributed by atoms with Crippen LogP contribution >= 0.6 is 15.9 Å². The number of benzene rings is 1. The van der Waals surface area contributed by atoms with Crippen LogP contribution in [0.5, 0.6) is 0 Å². The zero-order valence-electron chi connectivity index (χ0n) is 6.53. The van der Waals surface area contributed by atoms with Crippen molar-refractivity contribution in [3.63, 3.8) is 0 Å². The Balaban J connectivity index is 3.02. The molecule has 0 aliphatic rings. The predicted molar refractivity (Wildman–Crippen MR) is 49.6 cm³/mol. The number of hydrogen-bond donors (Lipinski definition) is 0. The molecule has 0 N–H and O–H groups in total. The van der Waals surface area contributed by atoms with Crippen LogP contribution in [-0.2, 0) is 0 Å². The monoisotopic (exact) mass is 229 g/mol. The van der Waals surface area contributed by atoms with E-state index in [1.165, 1.54) is 0 Å². The molecule has 3 nitrogen and oxygen atoms in total. The molecule has 0 heterocycles. The van der Waals surface area contributed by atoms with Gasteiger partial charge in [0.1, 0.15) is 0 Å². The fourth-order valence-electron chi connectivity index (χ4n) is 0.927. The van der Waals surface area contributed by atoms with Crippen molar-refractivity contribution in [3.05, 3.63) is 44.4 Å². The van der Waals surface area contributed by atoms with Crippen molar-refractivity contribution in [1.29, 1.82) is 0 Å². The molecule has 0 saturated heterocycles. The van der Waals surface area contributed by atoms with Gasteiger partial charge in [-0.3, -0.25) is 10.1 Å². The van der Waals surface area contributed by atoms with Crippen LogP contribution in [0, 0.1) is 10.1 Å². The van der Waals surface area contributed by atoms with E-state index in [1.54, 1.807) is 25.1 Å². The third kappa shape index (κ3) is 1.82. The van der Waals surface area contributed by atoms with E-state index in [4.69, 9.17) is 0 Å². The summed E-state index contributed by atoms with van der Waals surface area (Å²) < 4.78 is 0.786. The fraction of sp³-hybridized carbons (Fsp3) is 0.250. The first kappa shape index (κ1) is 9.19. The standard InChI is InChI=1S/C8H8BrNO2/c1-6(10(11)12)7-4-2-3-5-8(7)9/h2-6H,1H3. The van der Waals surface area contributed by atoms with E-state index in [-0.39, 0.29) is 4.92 Å². The third-order valence-electron chi connectivity index (χ3n) is 1.67. The number of nitro groups is 1. The van der Waals surface area contributed by atoms with Gasteiger partial charge < -0.3 is 0 Å². The predicted octanol–water partition coefficient (Wildman–Crippen LogP) is 2.79. The molecule has 64 valence electrons. The summed E-state index contributed by atoms with van der Waals surface area (Å²) in [6.07, 6.45) is 0. The third-order valence-corrected chi connectivity index (χ3v) is 2.39. The van der Waals surface area contributed by atoms with Crippen LogP contribution in [0.4, 0.5) is 0 Å². The highest BCUT2D eigenvalue weighted by atomic mass is 79.9. The maximum Gasteiger partial charge on any atom is 0.236 e. The Morgan fingerprint density at radius 3 is 2.58 bits per heavy atom. The summed E-state index contributed by atoms with van der Waals surface area (Å²) in [4.78, 5) is 10.1. The molecule has 0 spiro atoms. The zero-order chi connectivity index (χ0) is 9.14. The molecular formula is C8H8BrNO2. The average Bonchev–Trinajstić information content (AvgIpc) is 2.04. The minimum absolute atomic E-state index is 0.305. The quantitative estimate of drug-likeness (QED) is 0.579. The lowest BCUT2D eigenvalue weighted by atomic mass is 10.1. The molecule has 1 atom stereocenters. The first-order valence-electron chi connectivity index (χ1n) is 3.51. The Morgan fingerprint density at radius 1 is 1.50 bits per heavy atom. The van der Waals surface area contributed by atoms with E-state index in [0.29, 0.717) is 5.56 Å².